The van der Waals surface area contributed by atoms with Crippen molar-refractivity contribution in [1.29, 1.82) is 0 Å². The van der Waals surface area contributed by atoms with Gasteiger partial charge in [0, 0.05) is 31.7 Å². The van der Waals surface area contributed by atoms with Crippen LogP contribution in [0.1, 0.15) is 29.8 Å². The Kier molecular flexibility index (Phi) is 7.44. The van der Waals surface area contributed by atoms with Crippen LogP contribution in [-0.4, -0.2) is 41.7 Å². The van der Waals surface area contributed by atoms with E-state index in [4.69, 9.17) is 16.3 Å². The van der Waals surface area contributed by atoms with Crippen LogP contribution >= 0.6 is 11.6 Å². The van der Waals surface area contributed by atoms with Crippen LogP contribution in [0.3, 0.4) is 0 Å². The van der Waals surface area contributed by atoms with E-state index in [0.717, 1.165) is 5.56 Å². The average molecular weight is 475 g/mol. The normalized spacial score (nSPS) is 11.6. The van der Waals surface area contributed by atoms with E-state index >= 15 is 0 Å². The van der Waals surface area contributed by atoms with Crippen molar-refractivity contribution in [2.24, 2.45) is 0 Å². The molecule has 10 heteroatoms. The molecule has 0 saturated heterocycles. The van der Waals surface area contributed by atoms with Crippen molar-refractivity contribution in [3.8, 4) is 5.75 Å². The Morgan fingerprint density at radius 2 is 1.88 bits per heavy atom. The summed E-state index contributed by atoms with van der Waals surface area (Å²) in [6.07, 6.45) is 4.82. The van der Waals surface area contributed by atoms with E-state index in [1.807, 2.05) is 12.1 Å². The highest BCUT2D eigenvalue weighted by Gasteiger charge is 2.25. The van der Waals surface area contributed by atoms with Gasteiger partial charge in [-0.2, -0.15) is 4.31 Å². The van der Waals surface area contributed by atoms with Gasteiger partial charge in [0.25, 0.3) is 5.91 Å². The summed E-state index contributed by atoms with van der Waals surface area (Å²) in [6.45, 7) is 3.78. The smallest absolute Gasteiger partial charge is 0.258 e. The van der Waals surface area contributed by atoms with Gasteiger partial charge in [0.05, 0.1) is 15.5 Å². The van der Waals surface area contributed by atoms with Gasteiger partial charge >= 0.3 is 0 Å². The summed E-state index contributed by atoms with van der Waals surface area (Å²) in [7, 11) is -2.30. The van der Waals surface area contributed by atoms with Crippen LogP contribution in [0.25, 0.3) is 0 Å². The molecule has 0 saturated carbocycles. The zero-order valence-corrected chi connectivity index (χ0v) is 19.4. The topological polar surface area (TPSA) is 101 Å². The molecule has 0 aliphatic heterocycles. The number of carbonyl (C=O) groups is 1. The zero-order valence-electron chi connectivity index (χ0n) is 17.8. The lowest BCUT2D eigenvalue weighted by atomic mass is 10.2. The number of amides is 1. The van der Waals surface area contributed by atoms with Crippen molar-refractivity contribution >= 4 is 33.3 Å². The molecule has 2 heterocycles. The first-order chi connectivity index (χ1) is 15.2. The average Bonchev–Trinajstić information content (AvgIpc) is 2.78. The van der Waals surface area contributed by atoms with E-state index in [1.165, 1.54) is 35.7 Å². The minimum absolute atomic E-state index is 0.00985. The van der Waals surface area contributed by atoms with Crippen LogP contribution < -0.4 is 10.1 Å². The molecule has 0 bridgehead atoms. The molecule has 0 atom stereocenters. The molecule has 1 N–H and O–H groups in total. The van der Waals surface area contributed by atoms with E-state index in [0.29, 0.717) is 5.75 Å². The van der Waals surface area contributed by atoms with Gasteiger partial charge in [-0.1, -0.05) is 11.6 Å². The predicted molar refractivity (Wildman–Crippen MR) is 122 cm³/mol. The number of anilines is 1. The monoisotopic (exact) mass is 474 g/mol. The molecule has 168 valence electrons. The predicted octanol–water partition coefficient (Wildman–Crippen LogP) is 3.99. The lowest BCUT2D eigenvalue weighted by Crippen LogP contribution is -2.33. The summed E-state index contributed by atoms with van der Waals surface area (Å²) < 4.78 is 32.6. The van der Waals surface area contributed by atoms with Crippen LogP contribution in [-0.2, 0) is 16.6 Å². The second kappa shape index (κ2) is 10.1. The Balaban J connectivity index is 1.84. The van der Waals surface area contributed by atoms with Gasteiger partial charge in [0.1, 0.15) is 6.61 Å². The number of nitrogens with zero attached hydrogens (tertiary/aromatic N) is 3. The number of halogens is 1. The summed E-state index contributed by atoms with van der Waals surface area (Å²) in [5, 5.41) is 2.77. The molecule has 0 radical (unpaired) electrons. The van der Waals surface area contributed by atoms with Crippen LogP contribution in [0.5, 0.6) is 5.75 Å². The maximum atomic E-state index is 12.9. The highest BCUT2D eigenvalue weighted by molar-refractivity contribution is 7.89. The molecule has 0 aliphatic carbocycles. The van der Waals surface area contributed by atoms with Crippen molar-refractivity contribution in [3.05, 3.63) is 77.2 Å². The number of carbonyl (C=O) groups excluding carboxylic acids is 1. The number of nitrogens with one attached hydrogen (secondary N) is 1. The quantitative estimate of drug-likeness (QED) is 0.529. The fraction of sp³-hybridized carbons (Fsp3) is 0.227. The maximum Gasteiger partial charge on any atom is 0.258 e. The lowest BCUT2D eigenvalue weighted by molar-refractivity contribution is 0.102. The van der Waals surface area contributed by atoms with Crippen LogP contribution in [0.4, 0.5) is 5.82 Å². The summed E-state index contributed by atoms with van der Waals surface area (Å²) in [5.74, 6) is -0.0565. The summed E-state index contributed by atoms with van der Waals surface area (Å²) in [4.78, 5) is 21.0. The number of ether oxygens (including phenoxy) is 1. The highest BCUT2D eigenvalue weighted by atomic mass is 35.5. The minimum atomic E-state index is -3.78. The Hall–Kier alpha value is -3.01. The van der Waals surface area contributed by atoms with E-state index in [9.17, 15) is 13.2 Å². The summed E-state index contributed by atoms with van der Waals surface area (Å²) >= 11 is 6.20. The van der Waals surface area contributed by atoms with Crippen LogP contribution in [0.2, 0.25) is 5.02 Å². The van der Waals surface area contributed by atoms with Gasteiger partial charge < -0.3 is 10.1 Å². The maximum absolute atomic E-state index is 12.9. The van der Waals surface area contributed by atoms with Crippen molar-refractivity contribution in [3.63, 3.8) is 0 Å². The molecule has 3 aromatic rings. The number of pyridine rings is 2. The molecular weight excluding hydrogens is 452 g/mol. The molecule has 0 spiro atoms. The molecule has 8 nitrogen and oxygen atoms in total. The molecule has 2 aromatic heterocycles. The molecule has 0 unspecified atom stereocenters. The van der Waals surface area contributed by atoms with E-state index in [2.05, 4.69) is 15.3 Å². The number of sulfonamides is 1. The first-order valence-corrected chi connectivity index (χ1v) is 11.6. The minimum Gasteiger partial charge on any atom is -0.485 e. The van der Waals surface area contributed by atoms with Crippen LogP contribution in [0, 0.1) is 0 Å². The first kappa shape index (κ1) is 23.6. The lowest BCUT2D eigenvalue weighted by Gasteiger charge is -2.21. The summed E-state index contributed by atoms with van der Waals surface area (Å²) in [6, 6.07) is 10.7. The second-order valence-corrected chi connectivity index (χ2v) is 9.61. The van der Waals surface area contributed by atoms with E-state index in [-0.39, 0.29) is 33.9 Å². The highest BCUT2D eigenvalue weighted by Crippen LogP contribution is 2.27. The van der Waals surface area contributed by atoms with Crippen LogP contribution in [0.15, 0.2) is 66.0 Å². The van der Waals surface area contributed by atoms with Gasteiger partial charge in [0.15, 0.2) is 11.6 Å². The van der Waals surface area contributed by atoms with Crippen molar-refractivity contribution < 1.29 is 17.9 Å². The molecule has 0 aliphatic rings. The third-order valence-corrected chi connectivity index (χ3v) is 7.09. The number of hydrogen-bond donors (Lipinski definition) is 1. The second-order valence-electron chi connectivity index (χ2n) is 7.21. The molecule has 3 rings (SSSR count). The molecule has 0 fully saturated rings. The van der Waals surface area contributed by atoms with Gasteiger partial charge in [-0.05, 0) is 61.9 Å². The SMILES string of the molecule is CC(C)N(C)S(=O)(=O)c1ccc(Cl)c(C(=O)Nc2ncccc2OCc2ccncc2)c1. The number of benzene rings is 1. The van der Waals surface area contributed by atoms with Gasteiger partial charge in [0.2, 0.25) is 10.0 Å². The molecule has 1 aromatic carbocycles. The van der Waals surface area contributed by atoms with Gasteiger partial charge in [-0.15, -0.1) is 0 Å². The largest absolute Gasteiger partial charge is 0.485 e. The number of rotatable bonds is 8. The number of aromatic nitrogens is 2. The molecule has 32 heavy (non-hydrogen) atoms. The van der Waals surface area contributed by atoms with E-state index in [1.54, 1.807) is 38.4 Å². The first-order valence-electron chi connectivity index (χ1n) is 9.76. The Morgan fingerprint density at radius 3 is 2.56 bits per heavy atom. The third-order valence-electron chi connectivity index (χ3n) is 4.73. The zero-order chi connectivity index (χ0) is 23.3. The summed E-state index contributed by atoms with van der Waals surface area (Å²) in [5.41, 5.74) is 0.909. The van der Waals surface area contributed by atoms with Gasteiger partial charge in [-0.3, -0.25) is 9.78 Å². The fourth-order valence-corrected chi connectivity index (χ4v) is 4.30. The Bertz CT molecular complexity index is 1200. The van der Waals surface area contributed by atoms with E-state index < -0.39 is 15.9 Å². The number of hydrogen-bond acceptors (Lipinski definition) is 6. The molecule has 1 amide bonds. The van der Waals surface area contributed by atoms with Crippen molar-refractivity contribution in [2.45, 2.75) is 31.4 Å². The van der Waals surface area contributed by atoms with Crippen molar-refractivity contribution in [2.75, 3.05) is 12.4 Å². The molecular formula is C22H23ClN4O4S. The van der Waals surface area contributed by atoms with Gasteiger partial charge in [-0.25, -0.2) is 13.4 Å². The fourth-order valence-electron chi connectivity index (χ4n) is 2.70. The standard InChI is InChI=1S/C22H23ClN4O4S/c1-15(2)27(3)32(29,30)17-6-7-19(23)18(13-17)22(28)26-21-20(5-4-10-25-21)31-14-16-8-11-24-12-9-16/h4-13,15H,14H2,1-3H3,(H,25,26,28). The Morgan fingerprint density at radius 1 is 1.16 bits per heavy atom. The third kappa shape index (κ3) is 5.42. The Labute approximate surface area is 192 Å². The van der Waals surface area contributed by atoms with Crippen molar-refractivity contribution in [1.82, 2.24) is 14.3 Å².